The molecule has 1 saturated heterocycles. The van der Waals surface area contributed by atoms with Gasteiger partial charge in [-0.05, 0) is 32.4 Å². The molecule has 0 aromatic rings. The number of nitrogens with zero attached hydrogens (tertiary/aromatic N) is 1. The SMILES string of the molecule is CCCCCCCCCCOC(=O)C(=CC=C1OCC(C)(C)N1C)C(=O)OC. The Bertz CT molecular complexity index is 565. The van der Waals surface area contributed by atoms with Crippen LogP contribution < -0.4 is 0 Å². The van der Waals surface area contributed by atoms with Crippen molar-refractivity contribution < 1.29 is 23.8 Å². The molecule has 1 aliphatic rings. The molecule has 6 nitrogen and oxygen atoms in total. The first kappa shape index (κ1) is 24.1. The minimum absolute atomic E-state index is 0.128. The van der Waals surface area contributed by atoms with Crippen LogP contribution in [0.3, 0.4) is 0 Å². The molecule has 1 heterocycles. The number of carbonyl (C=O) groups is 2. The summed E-state index contributed by atoms with van der Waals surface area (Å²) in [6.45, 7) is 7.16. The highest BCUT2D eigenvalue weighted by Gasteiger charge is 2.33. The van der Waals surface area contributed by atoms with E-state index in [1.807, 2.05) is 11.9 Å². The van der Waals surface area contributed by atoms with E-state index >= 15 is 0 Å². The van der Waals surface area contributed by atoms with Crippen molar-refractivity contribution in [1.29, 1.82) is 0 Å². The summed E-state index contributed by atoms with van der Waals surface area (Å²) in [5, 5.41) is 0. The third kappa shape index (κ3) is 7.95. The molecule has 1 aliphatic heterocycles. The Hall–Kier alpha value is -1.98. The summed E-state index contributed by atoms with van der Waals surface area (Å²) in [4.78, 5) is 26.2. The van der Waals surface area contributed by atoms with E-state index in [2.05, 4.69) is 20.8 Å². The van der Waals surface area contributed by atoms with Crippen LogP contribution >= 0.6 is 0 Å². The highest BCUT2D eigenvalue weighted by molar-refractivity contribution is 6.14. The summed E-state index contributed by atoms with van der Waals surface area (Å²) in [6, 6.07) is 0. The summed E-state index contributed by atoms with van der Waals surface area (Å²) in [5.74, 6) is -0.772. The van der Waals surface area contributed by atoms with E-state index < -0.39 is 11.9 Å². The number of carbonyl (C=O) groups excluding carboxylic acids is 2. The van der Waals surface area contributed by atoms with Crippen LogP contribution in [0.15, 0.2) is 23.6 Å². The van der Waals surface area contributed by atoms with Gasteiger partial charge in [-0.3, -0.25) is 0 Å². The van der Waals surface area contributed by atoms with Gasteiger partial charge in [0.05, 0.1) is 19.3 Å². The number of rotatable bonds is 12. The fourth-order valence-corrected chi connectivity index (χ4v) is 2.86. The molecule has 0 aromatic heterocycles. The van der Waals surface area contributed by atoms with Crippen LogP contribution in [0.25, 0.3) is 0 Å². The highest BCUT2D eigenvalue weighted by Crippen LogP contribution is 2.27. The van der Waals surface area contributed by atoms with Gasteiger partial charge in [-0.1, -0.05) is 51.9 Å². The van der Waals surface area contributed by atoms with Crippen molar-refractivity contribution in [3.63, 3.8) is 0 Å². The average molecular weight is 396 g/mol. The van der Waals surface area contributed by atoms with Crippen molar-refractivity contribution >= 4 is 11.9 Å². The molecule has 0 aromatic carbocycles. The lowest BCUT2D eigenvalue weighted by Gasteiger charge is -2.25. The van der Waals surface area contributed by atoms with Crippen molar-refractivity contribution in [3.8, 4) is 0 Å². The minimum atomic E-state index is -0.710. The van der Waals surface area contributed by atoms with Crippen LogP contribution in [0.4, 0.5) is 0 Å². The van der Waals surface area contributed by atoms with Gasteiger partial charge in [0.25, 0.3) is 0 Å². The van der Waals surface area contributed by atoms with Gasteiger partial charge >= 0.3 is 11.9 Å². The van der Waals surface area contributed by atoms with Crippen LogP contribution in [0.5, 0.6) is 0 Å². The summed E-state index contributed by atoms with van der Waals surface area (Å²) in [5.41, 5.74) is -0.265. The zero-order chi connectivity index (χ0) is 21.0. The summed E-state index contributed by atoms with van der Waals surface area (Å²) < 4.78 is 15.6. The number of likely N-dealkylation sites (N-methyl/N-ethyl adjacent to an activating group) is 1. The molecule has 0 N–H and O–H groups in total. The monoisotopic (exact) mass is 395 g/mol. The summed E-state index contributed by atoms with van der Waals surface area (Å²) in [6.07, 6.45) is 12.3. The smallest absolute Gasteiger partial charge is 0.345 e. The Kier molecular flexibility index (Phi) is 10.7. The average Bonchev–Trinajstić information content (AvgIpc) is 2.93. The molecule has 0 amide bonds. The largest absolute Gasteiger partial charge is 0.477 e. The van der Waals surface area contributed by atoms with Gasteiger partial charge in [0.1, 0.15) is 12.2 Å². The third-order valence-electron chi connectivity index (χ3n) is 5.06. The maximum atomic E-state index is 12.3. The standard InChI is InChI=1S/C22H37NO5/c1-6-7-8-9-10-11-12-13-16-27-21(25)18(20(24)26-5)14-15-19-23(4)22(2,3)17-28-19/h14-15H,6-13,16-17H2,1-5H3. The second kappa shape index (κ2) is 12.5. The molecular weight excluding hydrogens is 358 g/mol. The lowest BCUT2D eigenvalue weighted by molar-refractivity contribution is -0.145. The third-order valence-corrected chi connectivity index (χ3v) is 5.06. The van der Waals surface area contributed by atoms with E-state index in [1.165, 1.54) is 45.3 Å². The van der Waals surface area contributed by atoms with Crippen molar-refractivity contribution in [2.75, 3.05) is 27.4 Å². The molecule has 6 heteroatoms. The first-order valence-corrected chi connectivity index (χ1v) is 10.4. The number of esters is 2. The summed E-state index contributed by atoms with van der Waals surface area (Å²) >= 11 is 0. The van der Waals surface area contributed by atoms with Crippen molar-refractivity contribution in [1.82, 2.24) is 4.90 Å². The van der Waals surface area contributed by atoms with Crippen molar-refractivity contribution in [2.45, 2.75) is 77.7 Å². The van der Waals surface area contributed by atoms with Gasteiger partial charge in [-0.2, -0.15) is 0 Å². The van der Waals surface area contributed by atoms with E-state index in [9.17, 15) is 9.59 Å². The molecule has 160 valence electrons. The molecule has 0 aliphatic carbocycles. The molecule has 0 atom stereocenters. The molecule has 1 fully saturated rings. The van der Waals surface area contributed by atoms with Crippen LogP contribution in [-0.4, -0.2) is 49.7 Å². The number of hydrogen-bond acceptors (Lipinski definition) is 6. The lowest BCUT2D eigenvalue weighted by atomic mass is 10.1. The van der Waals surface area contributed by atoms with Crippen molar-refractivity contribution in [2.24, 2.45) is 0 Å². The highest BCUT2D eigenvalue weighted by atomic mass is 16.5. The first-order chi connectivity index (χ1) is 13.3. The molecule has 1 rings (SSSR count). The van der Waals surface area contributed by atoms with Crippen LogP contribution in [-0.2, 0) is 23.8 Å². The van der Waals surface area contributed by atoms with Gasteiger partial charge in [-0.25, -0.2) is 9.59 Å². The van der Waals surface area contributed by atoms with E-state index in [0.29, 0.717) is 19.1 Å². The van der Waals surface area contributed by atoms with Crippen molar-refractivity contribution in [3.05, 3.63) is 23.6 Å². The molecule has 0 spiro atoms. The number of unbranched alkanes of at least 4 members (excludes halogenated alkanes) is 7. The predicted molar refractivity (Wildman–Crippen MR) is 110 cm³/mol. The number of ether oxygens (including phenoxy) is 3. The molecule has 0 saturated carbocycles. The second-order valence-corrected chi connectivity index (χ2v) is 7.85. The number of hydrogen-bond donors (Lipinski definition) is 0. The molecule has 0 radical (unpaired) electrons. The maximum absolute atomic E-state index is 12.3. The van der Waals surface area contributed by atoms with Crippen LogP contribution in [0, 0.1) is 0 Å². The predicted octanol–water partition coefficient (Wildman–Crippen LogP) is 4.35. The number of allylic oxidation sites excluding steroid dienone is 2. The molecule has 0 bridgehead atoms. The lowest BCUT2D eigenvalue weighted by Crippen LogP contribution is -2.36. The Balaban J connectivity index is 2.48. The van der Waals surface area contributed by atoms with Gasteiger partial charge in [0, 0.05) is 7.05 Å². The van der Waals surface area contributed by atoms with E-state index in [4.69, 9.17) is 14.2 Å². The Morgan fingerprint density at radius 1 is 1.07 bits per heavy atom. The van der Waals surface area contributed by atoms with Crippen LogP contribution in [0.1, 0.15) is 72.1 Å². The van der Waals surface area contributed by atoms with Crippen LogP contribution in [0.2, 0.25) is 0 Å². The number of methoxy groups -OCH3 is 1. The normalized spacial score (nSPS) is 17.5. The van der Waals surface area contributed by atoms with Gasteiger partial charge in [0.15, 0.2) is 5.88 Å². The fourth-order valence-electron chi connectivity index (χ4n) is 2.86. The second-order valence-electron chi connectivity index (χ2n) is 7.85. The Morgan fingerprint density at radius 3 is 2.21 bits per heavy atom. The maximum Gasteiger partial charge on any atom is 0.345 e. The van der Waals surface area contributed by atoms with E-state index in [-0.39, 0.29) is 11.1 Å². The summed E-state index contributed by atoms with van der Waals surface area (Å²) in [7, 11) is 3.15. The zero-order valence-electron chi connectivity index (χ0n) is 18.2. The fraction of sp³-hybridized carbons (Fsp3) is 0.727. The minimum Gasteiger partial charge on any atom is -0.477 e. The van der Waals surface area contributed by atoms with E-state index in [1.54, 1.807) is 6.08 Å². The zero-order valence-corrected chi connectivity index (χ0v) is 18.2. The van der Waals surface area contributed by atoms with E-state index in [0.717, 1.165) is 19.3 Å². The van der Waals surface area contributed by atoms with Gasteiger partial charge in [0.2, 0.25) is 0 Å². The quantitative estimate of drug-likeness (QED) is 0.161. The molecular formula is C22H37NO5. The van der Waals surface area contributed by atoms with Gasteiger partial charge in [-0.15, -0.1) is 0 Å². The Morgan fingerprint density at radius 2 is 1.68 bits per heavy atom. The first-order valence-electron chi connectivity index (χ1n) is 10.4. The molecule has 28 heavy (non-hydrogen) atoms. The molecule has 0 unspecified atom stereocenters. The Labute approximate surface area is 169 Å². The van der Waals surface area contributed by atoms with Gasteiger partial charge < -0.3 is 19.1 Å². The topological polar surface area (TPSA) is 65.1 Å².